The van der Waals surface area contributed by atoms with Gasteiger partial charge < -0.3 is 10.2 Å². The minimum Gasteiger partial charge on any atom is -0.378 e. The van der Waals surface area contributed by atoms with Crippen LogP contribution < -0.4 is 15.1 Å². The first-order valence-corrected chi connectivity index (χ1v) is 10.8. The van der Waals surface area contributed by atoms with Crippen LogP contribution in [0.1, 0.15) is 5.56 Å². The van der Waals surface area contributed by atoms with Gasteiger partial charge in [0.2, 0.25) is 0 Å². The lowest BCUT2D eigenvalue weighted by Gasteiger charge is -2.18. The Morgan fingerprint density at radius 2 is 1.36 bits per heavy atom. The number of amides is 2. The smallest absolute Gasteiger partial charge is 0.282 e. The highest BCUT2D eigenvalue weighted by molar-refractivity contribution is 6.47. The van der Waals surface area contributed by atoms with E-state index in [9.17, 15) is 9.59 Å². The quantitative estimate of drug-likeness (QED) is 0.434. The molecule has 5 nitrogen and oxygen atoms in total. The monoisotopic (exact) mass is 433 g/mol. The first-order chi connectivity index (χ1) is 16.0. The fraction of sp³-hybridized carbons (Fsp3) is 0.0714. The average molecular weight is 434 g/mol. The summed E-state index contributed by atoms with van der Waals surface area (Å²) in [6.07, 6.45) is 0. The topological polar surface area (TPSA) is 52.7 Å². The third-order valence-electron chi connectivity index (χ3n) is 5.81. The molecule has 5 heteroatoms. The van der Waals surface area contributed by atoms with E-state index in [2.05, 4.69) is 5.32 Å². The Balaban J connectivity index is 1.61. The molecule has 4 aromatic carbocycles. The number of nitrogens with one attached hydrogen (secondary N) is 1. The molecule has 5 rings (SSSR count). The van der Waals surface area contributed by atoms with Crippen molar-refractivity contribution in [1.82, 2.24) is 0 Å². The predicted octanol–water partition coefficient (Wildman–Crippen LogP) is 5.30. The Labute approximate surface area is 192 Å². The van der Waals surface area contributed by atoms with Gasteiger partial charge in [-0.3, -0.25) is 9.59 Å². The fourth-order valence-electron chi connectivity index (χ4n) is 4.13. The molecule has 1 aliphatic heterocycles. The number of hydrogen-bond donors (Lipinski definition) is 1. The van der Waals surface area contributed by atoms with Gasteiger partial charge in [0.15, 0.2) is 0 Å². The zero-order valence-corrected chi connectivity index (χ0v) is 18.4. The van der Waals surface area contributed by atoms with Gasteiger partial charge in [0, 0.05) is 30.9 Å². The van der Waals surface area contributed by atoms with Crippen molar-refractivity contribution in [3.63, 3.8) is 0 Å². The Bertz CT molecular complexity index is 1380. The Hall–Kier alpha value is -4.38. The van der Waals surface area contributed by atoms with Crippen LogP contribution in [0.25, 0.3) is 16.3 Å². The Morgan fingerprint density at radius 3 is 2.09 bits per heavy atom. The fourth-order valence-corrected chi connectivity index (χ4v) is 4.13. The van der Waals surface area contributed by atoms with Gasteiger partial charge in [-0.15, -0.1) is 0 Å². The molecular weight excluding hydrogens is 410 g/mol. The number of carbonyl (C=O) groups is 2. The van der Waals surface area contributed by atoms with Crippen LogP contribution >= 0.6 is 0 Å². The molecule has 0 bridgehead atoms. The van der Waals surface area contributed by atoms with Gasteiger partial charge in [-0.05, 0) is 41.3 Å². The van der Waals surface area contributed by atoms with E-state index in [1.54, 1.807) is 0 Å². The number of anilines is 3. The molecular formula is C28H23N3O2. The lowest BCUT2D eigenvalue weighted by atomic mass is 10.0. The first kappa shape index (κ1) is 20.5. The molecule has 1 N–H and O–H groups in total. The maximum absolute atomic E-state index is 13.7. The second kappa shape index (κ2) is 8.28. The second-order valence-electron chi connectivity index (χ2n) is 8.13. The summed E-state index contributed by atoms with van der Waals surface area (Å²) in [5.41, 5.74) is 3.71. The summed E-state index contributed by atoms with van der Waals surface area (Å²) in [6, 6.07) is 30.5. The molecule has 2 amide bonds. The van der Waals surface area contributed by atoms with Gasteiger partial charge in [0.1, 0.15) is 5.70 Å². The molecule has 0 fully saturated rings. The zero-order valence-electron chi connectivity index (χ0n) is 18.4. The van der Waals surface area contributed by atoms with Crippen molar-refractivity contribution in [2.24, 2.45) is 0 Å². The third kappa shape index (κ3) is 3.64. The van der Waals surface area contributed by atoms with E-state index in [1.807, 2.05) is 116 Å². The molecule has 0 unspecified atom stereocenters. The van der Waals surface area contributed by atoms with Crippen LogP contribution in [0.4, 0.5) is 17.1 Å². The molecule has 162 valence electrons. The summed E-state index contributed by atoms with van der Waals surface area (Å²) >= 11 is 0. The van der Waals surface area contributed by atoms with E-state index in [-0.39, 0.29) is 17.5 Å². The number of hydrogen-bond acceptors (Lipinski definition) is 4. The van der Waals surface area contributed by atoms with Crippen LogP contribution in [0.15, 0.2) is 103 Å². The Kier molecular flexibility index (Phi) is 5.15. The molecule has 0 aromatic heterocycles. The number of rotatable bonds is 5. The number of fused-ring (bicyclic) bond motifs is 1. The number of nitrogens with zero attached hydrogens (tertiary/aromatic N) is 2. The van der Waals surface area contributed by atoms with Crippen LogP contribution in [0, 0.1) is 0 Å². The summed E-state index contributed by atoms with van der Waals surface area (Å²) in [5.74, 6) is -0.707. The lowest BCUT2D eigenvalue weighted by molar-refractivity contribution is -0.120. The summed E-state index contributed by atoms with van der Waals surface area (Å²) in [6.45, 7) is 0. The van der Waals surface area contributed by atoms with Crippen LogP contribution in [-0.4, -0.2) is 25.9 Å². The third-order valence-corrected chi connectivity index (χ3v) is 5.81. The van der Waals surface area contributed by atoms with Gasteiger partial charge in [-0.1, -0.05) is 66.7 Å². The van der Waals surface area contributed by atoms with Gasteiger partial charge in [-0.25, -0.2) is 4.90 Å². The number of carbonyl (C=O) groups excluding carboxylic acids is 2. The largest absolute Gasteiger partial charge is 0.378 e. The molecule has 0 saturated heterocycles. The highest BCUT2D eigenvalue weighted by Gasteiger charge is 2.40. The van der Waals surface area contributed by atoms with Crippen molar-refractivity contribution in [2.45, 2.75) is 0 Å². The van der Waals surface area contributed by atoms with Crippen LogP contribution in [-0.2, 0) is 9.59 Å². The van der Waals surface area contributed by atoms with Crippen molar-refractivity contribution in [3.05, 3.63) is 108 Å². The molecule has 33 heavy (non-hydrogen) atoms. The molecule has 1 heterocycles. The van der Waals surface area contributed by atoms with E-state index in [1.165, 1.54) is 4.90 Å². The van der Waals surface area contributed by atoms with Crippen molar-refractivity contribution < 1.29 is 9.59 Å². The van der Waals surface area contributed by atoms with Gasteiger partial charge >= 0.3 is 0 Å². The van der Waals surface area contributed by atoms with Gasteiger partial charge in [0.25, 0.3) is 11.8 Å². The molecule has 4 aromatic rings. The zero-order chi connectivity index (χ0) is 22.9. The van der Waals surface area contributed by atoms with E-state index in [0.29, 0.717) is 16.8 Å². The minimum absolute atomic E-state index is 0.275. The molecule has 0 saturated carbocycles. The predicted molar refractivity (Wildman–Crippen MR) is 134 cm³/mol. The number of imide groups is 1. The van der Waals surface area contributed by atoms with Crippen LogP contribution in [0.2, 0.25) is 0 Å². The normalized spacial score (nSPS) is 13.7. The first-order valence-electron chi connectivity index (χ1n) is 10.8. The van der Waals surface area contributed by atoms with E-state index < -0.39 is 0 Å². The van der Waals surface area contributed by atoms with Crippen LogP contribution in [0.5, 0.6) is 0 Å². The average Bonchev–Trinajstić information content (AvgIpc) is 3.08. The standard InChI is InChI=1S/C28H23N3O2/c1-30(2)22-17-15-21(16-18-22)29-26-25(20-10-4-3-5-11-20)27(32)31(28(26)33)24-14-8-12-19-9-6-7-13-23(19)24/h3-18,29H,1-2H3. The maximum Gasteiger partial charge on any atom is 0.282 e. The van der Waals surface area contributed by atoms with Crippen LogP contribution in [0.3, 0.4) is 0 Å². The minimum atomic E-state index is -0.369. The van der Waals surface area contributed by atoms with Crippen molar-refractivity contribution in [2.75, 3.05) is 29.2 Å². The highest BCUT2D eigenvalue weighted by Crippen LogP contribution is 2.37. The lowest BCUT2D eigenvalue weighted by Crippen LogP contribution is -2.32. The van der Waals surface area contributed by atoms with E-state index >= 15 is 0 Å². The summed E-state index contributed by atoms with van der Waals surface area (Å²) in [4.78, 5) is 30.7. The second-order valence-corrected chi connectivity index (χ2v) is 8.13. The van der Waals surface area contributed by atoms with Gasteiger partial charge in [0.05, 0.1) is 11.3 Å². The molecule has 0 radical (unpaired) electrons. The highest BCUT2D eigenvalue weighted by atomic mass is 16.2. The number of benzene rings is 4. The van der Waals surface area contributed by atoms with Gasteiger partial charge in [-0.2, -0.15) is 0 Å². The summed E-state index contributed by atoms with van der Waals surface area (Å²) in [5, 5.41) is 5.06. The molecule has 0 aliphatic carbocycles. The Morgan fingerprint density at radius 1 is 0.697 bits per heavy atom. The molecule has 0 spiro atoms. The van der Waals surface area contributed by atoms with Crippen molar-refractivity contribution in [3.8, 4) is 0 Å². The summed E-state index contributed by atoms with van der Waals surface area (Å²) in [7, 11) is 3.94. The maximum atomic E-state index is 13.7. The SMILES string of the molecule is CN(C)c1ccc(NC2=C(c3ccccc3)C(=O)N(c3cccc4ccccc34)C2=O)cc1. The summed E-state index contributed by atoms with van der Waals surface area (Å²) < 4.78 is 0. The molecule has 0 atom stereocenters. The van der Waals surface area contributed by atoms with Crippen molar-refractivity contribution in [1.29, 1.82) is 0 Å². The van der Waals surface area contributed by atoms with E-state index in [0.717, 1.165) is 22.1 Å². The van der Waals surface area contributed by atoms with E-state index in [4.69, 9.17) is 0 Å². The molecule has 1 aliphatic rings. The van der Waals surface area contributed by atoms with Crippen molar-refractivity contribution >= 4 is 45.2 Å².